The zero-order chi connectivity index (χ0) is 19.5. The number of para-hydroxylation sites is 2. The number of aryl methyl sites for hydroxylation is 3. The molecule has 0 saturated carbocycles. The van der Waals surface area contributed by atoms with Crippen LogP contribution in [0, 0.1) is 0 Å². The SMILES string of the molecule is Cn1c(CCc2cccc(NC(=O)c3ccc(Cl)cc3)c2)nc2ccccc21. The molecule has 140 valence electrons. The summed E-state index contributed by atoms with van der Waals surface area (Å²) in [5.41, 5.74) is 4.67. The van der Waals surface area contributed by atoms with Crippen LogP contribution in [-0.2, 0) is 19.9 Å². The second-order valence-corrected chi connectivity index (χ2v) is 7.17. The Bertz CT molecular complexity index is 1130. The molecule has 0 aliphatic carbocycles. The van der Waals surface area contributed by atoms with Crippen LogP contribution in [0.15, 0.2) is 72.8 Å². The maximum absolute atomic E-state index is 12.4. The summed E-state index contributed by atoms with van der Waals surface area (Å²) in [4.78, 5) is 17.1. The molecule has 3 aromatic carbocycles. The third-order valence-electron chi connectivity index (χ3n) is 4.81. The molecule has 1 heterocycles. The van der Waals surface area contributed by atoms with E-state index in [1.165, 1.54) is 0 Å². The minimum Gasteiger partial charge on any atom is -0.331 e. The average molecular weight is 390 g/mol. The molecule has 5 heteroatoms. The number of aromatic nitrogens is 2. The molecule has 1 aromatic heterocycles. The molecule has 0 spiro atoms. The van der Waals surface area contributed by atoms with E-state index in [0.717, 1.165) is 41.0 Å². The zero-order valence-corrected chi connectivity index (χ0v) is 16.3. The van der Waals surface area contributed by atoms with Gasteiger partial charge in [0.15, 0.2) is 0 Å². The molecule has 0 unspecified atom stereocenters. The Morgan fingerprint density at radius 2 is 1.79 bits per heavy atom. The van der Waals surface area contributed by atoms with Crippen molar-refractivity contribution in [1.82, 2.24) is 9.55 Å². The van der Waals surface area contributed by atoms with Crippen LogP contribution in [-0.4, -0.2) is 15.5 Å². The molecule has 1 amide bonds. The van der Waals surface area contributed by atoms with Crippen molar-refractivity contribution in [3.05, 3.63) is 94.8 Å². The summed E-state index contributed by atoms with van der Waals surface area (Å²) in [7, 11) is 2.05. The van der Waals surface area contributed by atoms with Gasteiger partial charge in [-0.05, 0) is 60.5 Å². The number of fused-ring (bicyclic) bond motifs is 1. The fourth-order valence-electron chi connectivity index (χ4n) is 3.28. The lowest BCUT2D eigenvalue weighted by molar-refractivity contribution is 0.102. The van der Waals surface area contributed by atoms with E-state index in [1.54, 1.807) is 24.3 Å². The monoisotopic (exact) mass is 389 g/mol. The van der Waals surface area contributed by atoms with E-state index in [2.05, 4.69) is 22.0 Å². The van der Waals surface area contributed by atoms with Crippen molar-refractivity contribution in [2.45, 2.75) is 12.8 Å². The zero-order valence-electron chi connectivity index (χ0n) is 15.5. The number of halogens is 1. The van der Waals surface area contributed by atoms with Gasteiger partial charge in [-0.3, -0.25) is 4.79 Å². The highest BCUT2D eigenvalue weighted by Gasteiger charge is 2.09. The van der Waals surface area contributed by atoms with E-state index in [0.29, 0.717) is 10.6 Å². The number of amides is 1. The number of nitrogens with one attached hydrogen (secondary N) is 1. The van der Waals surface area contributed by atoms with Gasteiger partial charge < -0.3 is 9.88 Å². The van der Waals surface area contributed by atoms with E-state index >= 15 is 0 Å². The van der Waals surface area contributed by atoms with E-state index in [9.17, 15) is 4.79 Å². The fraction of sp³-hybridized carbons (Fsp3) is 0.130. The first-order valence-electron chi connectivity index (χ1n) is 9.16. The number of imidazole rings is 1. The van der Waals surface area contributed by atoms with Gasteiger partial charge in [-0.15, -0.1) is 0 Å². The van der Waals surface area contributed by atoms with Gasteiger partial charge in [0.05, 0.1) is 11.0 Å². The van der Waals surface area contributed by atoms with Crippen LogP contribution >= 0.6 is 11.6 Å². The third kappa shape index (κ3) is 3.92. The molecule has 4 aromatic rings. The van der Waals surface area contributed by atoms with Crippen molar-refractivity contribution in [2.75, 3.05) is 5.32 Å². The summed E-state index contributed by atoms with van der Waals surface area (Å²) in [6, 6.07) is 22.9. The van der Waals surface area contributed by atoms with Crippen molar-refractivity contribution in [3.63, 3.8) is 0 Å². The van der Waals surface area contributed by atoms with Crippen LogP contribution < -0.4 is 5.32 Å². The Morgan fingerprint density at radius 3 is 2.57 bits per heavy atom. The molecule has 4 rings (SSSR count). The number of carbonyl (C=O) groups is 1. The molecular formula is C23H20ClN3O. The highest BCUT2D eigenvalue weighted by molar-refractivity contribution is 6.30. The minimum absolute atomic E-state index is 0.149. The normalized spacial score (nSPS) is 10.9. The van der Waals surface area contributed by atoms with Crippen molar-refractivity contribution < 1.29 is 4.79 Å². The van der Waals surface area contributed by atoms with Crippen LogP contribution in [0.25, 0.3) is 11.0 Å². The number of benzene rings is 3. The predicted octanol–water partition coefficient (Wildman–Crippen LogP) is 5.26. The molecule has 0 aliphatic rings. The lowest BCUT2D eigenvalue weighted by Crippen LogP contribution is -2.11. The molecule has 0 saturated heterocycles. The smallest absolute Gasteiger partial charge is 0.255 e. The first kappa shape index (κ1) is 18.3. The van der Waals surface area contributed by atoms with Crippen LogP contribution in [0.3, 0.4) is 0 Å². The van der Waals surface area contributed by atoms with Crippen molar-refractivity contribution >= 4 is 34.2 Å². The molecule has 0 fully saturated rings. The van der Waals surface area contributed by atoms with E-state index in [1.807, 2.05) is 43.4 Å². The third-order valence-corrected chi connectivity index (χ3v) is 5.06. The Kier molecular flexibility index (Phi) is 5.13. The van der Waals surface area contributed by atoms with Gasteiger partial charge in [-0.1, -0.05) is 35.9 Å². The lowest BCUT2D eigenvalue weighted by Gasteiger charge is -2.08. The summed E-state index contributed by atoms with van der Waals surface area (Å²) in [5, 5.41) is 3.56. The summed E-state index contributed by atoms with van der Waals surface area (Å²) in [6.45, 7) is 0. The molecule has 28 heavy (non-hydrogen) atoms. The second kappa shape index (κ2) is 7.87. The van der Waals surface area contributed by atoms with Crippen LogP contribution in [0.1, 0.15) is 21.7 Å². The highest BCUT2D eigenvalue weighted by atomic mass is 35.5. The largest absolute Gasteiger partial charge is 0.331 e. The van der Waals surface area contributed by atoms with Gasteiger partial charge >= 0.3 is 0 Å². The van der Waals surface area contributed by atoms with Gasteiger partial charge in [0, 0.05) is 29.7 Å². The number of rotatable bonds is 5. The Morgan fingerprint density at radius 1 is 1.00 bits per heavy atom. The first-order chi connectivity index (χ1) is 13.6. The average Bonchev–Trinajstić information content (AvgIpc) is 3.03. The molecule has 0 atom stereocenters. The number of carbonyl (C=O) groups excluding carboxylic acids is 1. The topological polar surface area (TPSA) is 46.9 Å². The molecule has 1 N–H and O–H groups in total. The summed E-state index contributed by atoms with van der Waals surface area (Å²) >= 11 is 5.88. The Balaban J connectivity index is 1.45. The van der Waals surface area contributed by atoms with Gasteiger partial charge in [0.1, 0.15) is 5.82 Å². The summed E-state index contributed by atoms with van der Waals surface area (Å²) in [6.07, 6.45) is 1.68. The van der Waals surface area contributed by atoms with Crippen LogP contribution in [0.4, 0.5) is 5.69 Å². The summed E-state index contributed by atoms with van der Waals surface area (Å²) in [5.74, 6) is 0.904. The molecule has 0 aliphatic heterocycles. The molecule has 0 radical (unpaired) electrons. The van der Waals surface area contributed by atoms with E-state index < -0.39 is 0 Å². The van der Waals surface area contributed by atoms with Crippen LogP contribution in [0.2, 0.25) is 5.02 Å². The standard InChI is InChI=1S/C23H20ClN3O/c1-27-21-8-3-2-7-20(21)26-22(27)14-9-16-5-4-6-19(15-16)25-23(28)17-10-12-18(24)13-11-17/h2-8,10-13,15H,9,14H2,1H3,(H,25,28). The molecular weight excluding hydrogens is 370 g/mol. The van der Waals surface area contributed by atoms with E-state index in [-0.39, 0.29) is 5.91 Å². The maximum atomic E-state index is 12.4. The quantitative estimate of drug-likeness (QED) is 0.505. The second-order valence-electron chi connectivity index (χ2n) is 6.74. The van der Waals surface area contributed by atoms with Gasteiger partial charge in [0.25, 0.3) is 5.91 Å². The van der Waals surface area contributed by atoms with Gasteiger partial charge in [-0.25, -0.2) is 4.98 Å². The number of hydrogen-bond donors (Lipinski definition) is 1. The van der Waals surface area contributed by atoms with Crippen molar-refractivity contribution in [3.8, 4) is 0 Å². The number of nitrogens with zero attached hydrogens (tertiary/aromatic N) is 2. The fourth-order valence-corrected chi connectivity index (χ4v) is 3.41. The Hall–Kier alpha value is -3.11. The van der Waals surface area contributed by atoms with Crippen molar-refractivity contribution in [2.24, 2.45) is 7.05 Å². The summed E-state index contributed by atoms with van der Waals surface area (Å²) < 4.78 is 2.14. The van der Waals surface area contributed by atoms with Crippen molar-refractivity contribution in [1.29, 1.82) is 0 Å². The lowest BCUT2D eigenvalue weighted by atomic mass is 10.1. The molecule has 4 nitrogen and oxygen atoms in total. The first-order valence-corrected chi connectivity index (χ1v) is 9.54. The minimum atomic E-state index is -0.149. The van der Waals surface area contributed by atoms with E-state index in [4.69, 9.17) is 16.6 Å². The van der Waals surface area contributed by atoms with Crippen LogP contribution in [0.5, 0.6) is 0 Å². The number of anilines is 1. The molecule has 0 bridgehead atoms. The van der Waals surface area contributed by atoms with Gasteiger partial charge in [-0.2, -0.15) is 0 Å². The highest BCUT2D eigenvalue weighted by Crippen LogP contribution is 2.18. The Labute approximate surface area is 168 Å². The van der Waals surface area contributed by atoms with Gasteiger partial charge in [0.2, 0.25) is 0 Å². The number of hydrogen-bond acceptors (Lipinski definition) is 2. The maximum Gasteiger partial charge on any atom is 0.255 e. The predicted molar refractivity (Wildman–Crippen MR) is 114 cm³/mol.